The van der Waals surface area contributed by atoms with Crippen molar-refractivity contribution in [3.8, 4) is 0 Å². The third-order valence-corrected chi connectivity index (χ3v) is 2.79. The van der Waals surface area contributed by atoms with Gasteiger partial charge < -0.3 is 10.1 Å². The molecule has 1 unspecified atom stereocenters. The lowest BCUT2D eigenvalue weighted by molar-refractivity contribution is 0.186. The topological polar surface area (TPSA) is 21.3 Å². The van der Waals surface area contributed by atoms with E-state index in [2.05, 4.69) is 5.32 Å². The molecule has 0 aromatic heterocycles. The van der Waals surface area contributed by atoms with Gasteiger partial charge in [0.25, 0.3) is 0 Å². The minimum atomic E-state index is -0.282. The summed E-state index contributed by atoms with van der Waals surface area (Å²) < 4.78 is 30.9. The summed E-state index contributed by atoms with van der Waals surface area (Å²) in [5.74, 6) is -0.558. The van der Waals surface area contributed by atoms with E-state index in [4.69, 9.17) is 4.74 Å². The summed E-state index contributed by atoms with van der Waals surface area (Å²) >= 11 is 0. The van der Waals surface area contributed by atoms with Crippen LogP contribution >= 0.6 is 0 Å². The lowest BCUT2D eigenvalue weighted by Gasteiger charge is -2.19. The van der Waals surface area contributed by atoms with Gasteiger partial charge in [-0.1, -0.05) is 12.1 Å². The van der Waals surface area contributed by atoms with E-state index in [9.17, 15) is 8.78 Å². The fraction of sp³-hybridized carbons (Fsp3) is 0.200. The molecule has 1 N–H and O–H groups in total. The van der Waals surface area contributed by atoms with Crippen LogP contribution in [-0.2, 0) is 4.74 Å². The number of nitrogens with one attached hydrogen (secondary N) is 1. The molecule has 19 heavy (non-hydrogen) atoms. The molecule has 0 fully saturated rings. The van der Waals surface area contributed by atoms with Gasteiger partial charge in [0.1, 0.15) is 11.6 Å². The molecular formula is C15H15F2NO. The predicted octanol–water partition coefficient (Wildman–Crippen LogP) is 3.76. The van der Waals surface area contributed by atoms with E-state index in [1.54, 1.807) is 31.4 Å². The summed E-state index contributed by atoms with van der Waals surface area (Å²) in [6.07, 6.45) is 0. The van der Waals surface area contributed by atoms with Crippen molar-refractivity contribution in [3.05, 3.63) is 65.7 Å². The highest BCUT2D eigenvalue weighted by atomic mass is 19.1. The van der Waals surface area contributed by atoms with Crippen LogP contribution in [-0.4, -0.2) is 13.7 Å². The molecule has 1 atom stereocenters. The molecule has 0 saturated carbocycles. The Balaban J connectivity index is 2.15. The zero-order chi connectivity index (χ0) is 13.7. The van der Waals surface area contributed by atoms with Gasteiger partial charge in [-0.3, -0.25) is 0 Å². The Morgan fingerprint density at radius 1 is 0.947 bits per heavy atom. The highest BCUT2D eigenvalue weighted by Crippen LogP contribution is 2.20. The summed E-state index contributed by atoms with van der Waals surface area (Å²) in [6.45, 7) is 0.434. The molecule has 2 aromatic carbocycles. The number of benzene rings is 2. The maximum atomic E-state index is 12.9. The molecular weight excluding hydrogens is 248 g/mol. The van der Waals surface area contributed by atoms with E-state index in [0.717, 1.165) is 11.3 Å². The highest BCUT2D eigenvalue weighted by molar-refractivity contribution is 5.45. The van der Waals surface area contributed by atoms with Crippen molar-refractivity contribution in [3.63, 3.8) is 0 Å². The van der Waals surface area contributed by atoms with Gasteiger partial charge in [-0.15, -0.1) is 0 Å². The van der Waals surface area contributed by atoms with Gasteiger partial charge in [0, 0.05) is 12.8 Å². The van der Waals surface area contributed by atoms with E-state index in [1.165, 1.54) is 24.3 Å². The molecule has 4 heteroatoms. The molecule has 0 bridgehead atoms. The Labute approximate surface area is 111 Å². The maximum absolute atomic E-state index is 12.9. The van der Waals surface area contributed by atoms with Crippen LogP contribution in [0.15, 0.2) is 48.5 Å². The van der Waals surface area contributed by atoms with Crippen molar-refractivity contribution >= 4 is 5.69 Å². The van der Waals surface area contributed by atoms with Gasteiger partial charge >= 0.3 is 0 Å². The van der Waals surface area contributed by atoms with Crippen LogP contribution in [0.25, 0.3) is 0 Å². The van der Waals surface area contributed by atoms with E-state index in [0.29, 0.717) is 6.61 Å². The van der Waals surface area contributed by atoms with Gasteiger partial charge in [-0.25, -0.2) is 8.78 Å². The van der Waals surface area contributed by atoms with Crippen LogP contribution in [0.3, 0.4) is 0 Å². The molecule has 0 spiro atoms. The summed E-state index contributed by atoms with van der Waals surface area (Å²) in [5.41, 5.74) is 1.69. The molecule has 0 aliphatic rings. The molecule has 2 nitrogen and oxygen atoms in total. The first-order chi connectivity index (χ1) is 9.19. The van der Waals surface area contributed by atoms with Gasteiger partial charge in [0.05, 0.1) is 12.6 Å². The molecule has 100 valence electrons. The molecule has 2 aromatic rings. The number of hydrogen-bond donors (Lipinski definition) is 1. The number of halogens is 2. The van der Waals surface area contributed by atoms with Crippen molar-refractivity contribution in [1.29, 1.82) is 0 Å². The van der Waals surface area contributed by atoms with Gasteiger partial charge in [-0.2, -0.15) is 0 Å². The minimum absolute atomic E-state index is 0.115. The molecule has 0 aliphatic heterocycles. The van der Waals surface area contributed by atoms with Crippen molar-refractivity contribution in [2.75, 3.05) is 19.0 Å². The number of ether oxygens (including phenoxy) is 1. The molecule has 0 radical (unpaired) electrons. The molecule has 0 heterocycles. The van der Waals surface area contributed by atoms with Crippen LogP contribution in [0.5, 0.6) is 0 Å². The van der Waals surface area contributed by atoms with E-state index < -0.39 is 0 Å². The Bertz CT molecular complexity index is 511. The van der Waals surface area contributed by atoms with Crippen LogP contribution < -0.4 is 5.32 Å². The number of anilines is 1. The smallest absolute Gasteiger partial charge is 0.123 e. The SMILES string of the molecule is COCC(Nc1ccc(F)cc1)c1ccc(F)cc1. The highest BCUT2D eigenvalue weighted by Gasteiger charge is 2.11. The van der Waals surface area contributed by atoms with Gasteiger partial charge in [0.15, 0.2) is 0 Å². The van der Waals surface area contributed by atoms with E-state index in [-0.39, 0.29) is 17.7 Å². The summed E-state index contributed by atoms with van der Waals surface area (Å²) in [5, 5.41) is 3.23. The predicted molar refractivity (Wildman–Crippen MR) is 71.0 cm³/mol. The second-order valence-electron chi connectivity index (χ2n) is 4.21. The first kappa shape index (κ1) is 13.5. The summed E-state index contributed by atoms with van der Waals surface area (Å²) in [7, 11) is 1.60. The number of rotatable bonds is 5. The van der Waals surface area contributed by atoms with Gasteiger partial charge in [0.2, 0.25) is 0 Å². The number of methoxy groups -OCH3 is 1. The first-order valence-electron chi connectivity index (χ1n) is 5.95. The van der Waals surface area contributed by atoms with E-state index >= 15 is 0 Å². The lowest BCUT2D eigenvalue weighted by atomic mass is 10.1. The van der Waals surface area contributed by atoms with Crippen molar-refractivity contribution in [2.24, 2.45) is 0 Å². The largest absolute Gasteiger partial charge is 0.382 e. The summed E-state index contributed by atoms with van der Waals surface area (Å²) in [4.78, 5) is 0. The third-order valence-electron chi connectivity index (χ3n) is 2.79. The molecule has 0 amide bonds. The Morgan fingerprint density at radius 2 is 1.47 bits per heavy atom. The molecule has 2 rings (SSSR count). The fourth-order valence-electron chi connectivity index (χ4n) is 1.83. The zero-order valence-electron chi connectivity index (χ0n) is 10.6. The average Bonchev–Trinajstić information content (AvgIpc) is 2.42. The van der Waals surface area contributed by atoms with Crippen LogP contribution in [0.2, 0.25) is 0 Å². The second-order valence-corrected chi connectivity index (χ2v) is 4.21. The van der Waals surface area contributed by atoms with Gasteiger partial charge in [-0.05, 0) is 42.0 Å². The Kier molecular flexibility index (Phi) is 4.47. The van der Waals surface area contributed by atoms with Crippen LogP contribution in [0.4, 0.5) is 14.5 Å². The van der Waals surface area contributed by atoms with Crippen LogP contribution in [0.1, 0.15) is 11.6 Å². The third kappa shape index (κ3) is 3.76. The summed E-state index contributed by atoms with van der Waals surface area (Å²) in [6, 6.07) is 12.2. The average molecular weight is 263 g/mol. The first-order valence-corrected chi connectivity index (χ1v) is 5.95. The Morgan fingerprint density at radius 3 is 2.00 bits per heavy atom. The van der Waals surface area contributed by atoms with E-state index in [1.807, 2.05) is 0 Å². The maximum Gasteiger partial charge on any atom is 0.123 e. The normalized spacial score (nSPS) is 12.2. The quantitative estimate of drug-likeness (QED) is 0.886. The lowest BCUT2D eigenvalue weighted by Crippen LogP contribution is -2.16. The molecule has 0 saturated heterocycles. The molecule has 0 aliphatic carbocycles. The minimum Gasteiger partial charge on any atom is -0.382 e. The van der Waals surface area contributed by atoms with Crippen LogP contribution in [0, 0.1) is 11.6 Å². The fourth-order valence-corrected chi connectivity index (χ4v) is 1.83. The Hall–Kier alpha value is -1.94. The van der Waals surface area contributed by atoms with Crippen molar-refractivity contribution in [2.45, 2.75) is 6.04 Å². The zero-order valence-corrected chi connectivity index (χ0v) is 10.6. The monoisotopic (exact) mass is 263 g/mol. The standard InChI is InChI=1S/C15H15F2NO/c1-19-10-15(11-2-4-12(16)5-3-11)18-14-8-6-13(17)7-9-14/h2-9,15,18H,10H2,1H3. The van der Waals surface area contributed by atoms with Crippen molar-refractivity contribution in [1.82, 2.24) is 0 Å². The number of hydrogen-bond acceptors (Lipinski definition) is 2. The van der Waals surface area contributed by atoms with Crippen molar-refractivity contribution < 1.29 is 13.5 Å². The second kappa shape index (κ2) is 6.29.